The third-order valence-electron chi connectivity index (χ3n) is 19.1. The Hall–Kier alpha value is -10.5. The minimum atomic E-state index is -0.381. The fraction of sp³-hybridized carbons (Fsp3) is 0.0723. The zero-order chi connectivity index (χ0) is 61.8. The fourth-order valence-electron chi connectivity index (χ4n) is 13.6. The van der Waals surface area contributed by atoms with E-state index < -0.39 is 0 Å². The van der Waals surface area contributed by atoms with Crippen molar-refractivity contribution in [2.45, 2.75) is 38.9 Å². The Bertz CT molecular complexity index is 5980. The molecule has 0 amide bonds. The molecule has 0 radical (unpaired) electrons. The first-order valence-electron chi connectivity index (χ1n) is 31.3. The molecule has 0 saturated carbocycles. The average Bonchev–Trinajstić information content (AvgIpc) is 1.51. The molecule has 92 heavy (non-hydrogen) atoms. The first-order chi connectivity index (χ1) is 45.0. The van der Waals surface area contributed by atoms with Gasteiger partial charge in [0.15, 0.2) is 0 Å². The first kappa shape index (κ1) is 55.5. The second-order valence-corrected chi connectivity index (χ2v) is 26.0. The van der Waals surface area contributed by atoms with Crippen LogP contribution in [0.4, 0.5) is 0 Å². The van der Waals surface area contributed by atoms with Crippen molar-refractivity contribution >= 4 is 148 Å². The molecule has 13 aromatic carbocycles. The van der Waals surface area contributed by atoms with Crippen LogP contribution in [0.25, 0.3) is 153 Å². The Morgan fingerprint density at radius 2 is 0.728 bits per heavy atom. The van der Waals surface area contributed by atoms with Crippen LogP contribution >= 0.6 is 15.9 Å². The van der Waals surface area contributed by atoms with E-state index in [4.69, 9.17) is 24.3 Å². The van der Waals surface area contributed by atoms with Crippen molar-refractivity contribution in [2.75, 3.05) is 0 Å². The van der Waals surface area contributed by atoms with Crippen LogP contribution in [0.15, 0.2) is 290 Å². The molecule has 1 saturated heterocycles. The molecule has 0 atom stereocenters. The van der Waals surface area contributed by atoms with Gasteiger partial charge >= 0.3 is 7.12 Å². The van der Waals surface area contributed by atoms with E-state index in [-0.39, 0.29) is 18.3 Å². The van der Waals surface area contributed by atoms with Crippen LogP contribution in [0, 0.1) is 0 Å². The lowest BCUT2D eigenvalue weighted by molar-refractivity contribution is 0.00578. The van der Waals surface area contributed by atoms with E-state index in [2.05, 4.69) is 331 Å². The van der Waals surface area contributed by atoms with E-state index in [1.807, 2.05) is 6.07 Å². The molecule has 5 aromatic heterocycles. The highest BCUT2D eigenvalue weighted by molar-refractivity contribution is 9.10. The summed E-state index contributed by atoms with van der Waals surface area (Å²) in [5.41, 5.74) is 16.9. The highest BCUT2D eigenvalue weighted by Crippen LogP contribution is 2.40. The molecule has 19 rings (SSSR count). The van der Waals surface area contributed by atoms with Gasteiger partial charge in [-0.2, -0.15) is 0 Å². The van der Waals surface area contributed by atoms with Gasteiger partial charge in [0.25, 0.3) is 0 Å². The predicted molar refractivity (Wildman–Crippen MR) is 389 cm³/mol. The quantitative estimate of drug-likeness (QED) is 0.130. The number of rotatable bonds is 4. The SMILES string of the molecule is Brc1ccc(-c2ccc3ccc4ccccc4c3c2)cc1.CC1(C)OB(c2ccc3c(c2)c2ccccc2n2c4ccccc4nc32)OC1(C)C.c1ccc2c(c1)ccc1ccc(-c3ccc(-c4ccc5c(c4)c4ccccc4n4c6ccccc6nc54)cc3)nc12. The van der Waals surface area contributed by atoms with E-state index in [1.54, 1.807) is 0 Å². The molecule has 18 aromatic rings. The highest BCUT2D eigenvalue weighted by Gasteiger charge is 2.51. The first-order valence-corrected chi connectivity index (χ1v) is 32.1. The standard InChI is InChI=1S/C38H23N3.C25H23BN2O2.C20H13Br/c1-2-8-29-25(7-1)15-18-27-20-22-33(39-37(27)29)26-16-13-24(14-17-26)28-19-21-31-32(23-28)30-9-3-5-11-35(30)41-36-12-6-4-10-34(36)40-38(31)41;1-24(2)25(3,4)30-26(29-24)16-13-14-18-19(15-16)17-9-5-7-11-21(17)28-22-12-8-6-10-20(22)27-23(18)28;21-18-11-9-14(10-12-18)17-8-7-16-6-5-15-3-1-2-4-19(15)20(16)13-17/h1-23H;5-15H,1-4H3;1-13H. The fourth-order valence-corrected chi connectivity index (χ4v) is 13.9. The molecule has 1 aliphatic heterocycles. The minimum absolute atomic E-state index is 0.362. The van der Waals surface area contributed by atoms with E-state index in [0.29, 0.717) is 0 Å². The topological polar surface area (TPSA) is 66.0 Å². The molecular weight excluding hydrogens is 1190 g/mol. The molecule has 1 aliphatic rings. The number of para-hydroxylation sites is 6. The van der Waals surface area contributed by atoms with Gasteiger partial charge in [-0.25, -0.2) is 15.0 Å². The number of benzene rings is 13. The Balaban J connectivity index is 0.000000112. The van der Waals surface area contributed by atoms with Gasteiger partial charge in [-0.3, -0.25) is 8.80 Å². The lowest BCUT2D eigenvalue weighted by Gasteiger charge is -2.32. The maximum Gasteiger partial charge on any atom is 0.494 e. The third kappa shape index (κ3) is 9.37. The summed E-state index contributed by atoms with van der Waals surface area (Å²) in [6.07, 6.45) is 0. The summed E-state index contributed by atoms with van der Waals surface area (Å²) in [7, 11) is -0.381. The summed E-state index contributed by atoms with van der Waals surface area (Å²) in [6, 6.07) is 101. The smallest absolute Gasteiger partial charge is 0.399 e. The molecule has 1 fully saturated rings. The summed E-state index contributed by atoms with van der Waals surface area (Å²) < 4.78 is 18.3. The molecule has 6 heterocycles. The van der Waals surface area contributed by atoms with Crippen LogP contribution in [0.1, 0.15) is 27.7 Å². The Morgan fingerprint density at radius 1 is 0.315 bits per heavy atom. The largest absolute Gasteiger partial charge is 0.494 e. The average molecular weight is 1250 g/mol. The molecular formula is C83H59BBrN5O2. The number of imidazole rings is 2. The summed E-state index contributed by atoms with van der Waals surface area (Å²) in [5, 5.41) is 15.9. The van der Waals surface area contributed by atoms with Crippen molar-refractivity contribution in [3.63, 3.8) is 0 Å². The van der Waals surface area contributed by atoms with Gasteiger partial charge in [-0.15, -0.1) is 0 Å². The summed E-state index contributed by atoms with van der Waals surface area (Å²) >= 11 is 3.49. The van der Waals surface area contributed by atoms with Crippen molar-refractivity contribution in [1.29, 1.82) is 0 Å². The number of aromatic nitrogens is 5. The molecule has 7 nitrogen and oxygen atoms in total. The monoisotopic (exact) mass is 1250 g/mol. The molecule has 0 N–H and O–H groups in total. The van der Waals surface area contributed by atoms with E-state index >= 15 is 0 Å². The number of pyridine rings is 3. The highest BCUT2D eigenvalue weighted by atomic mass is 79.9. The van der Waals surface area contributed by atoms with Crippen LogP contribution in [-0.2, 0) is 9.31 Å². The molecule has 0 spiro atoms. The summed E-state index contributed by atoms with van der Waals surface area (Å²) in [4.78, 5) is 15.1. The second kappa shape index (κ2) is 21.9. The molecule has 9 heteroatoms. The second-order valence-electron chi connectivity index (χ2n) is 25.1. The van der Waals surface area contributed by atoms with Gasteiger partial charge in [-0.05, 0) is 166 Å². The van der Waals surface area contributed by atoms with Crippen LogP contribution in [-0.4, -0.2) is 42.1 Å². The van der Waals surface area contributed by atoms with Gasteiger partial charge in [0, 0.05) is 42.4 Å². The Kier molecular flexibility index (Phi) is 13.2. The maximum atomic E-state index is 6.30. The van der Waals surface area contributed by atoms with Crippen molar-refractivity contribution in [1.82, 2.24) is 23.8 Å². The number of halogens is 1. The molecule has 0 bridgehead atoms. The summed E-state index contributed by atoms with van der Waals surface area (Å²) in [5.74, 6) is 0. The normalized spacial score (nSPS) is 13.8. The number of nitrogens with zero attached hydrogens (tertiary/aromatic N) is 5. The number of fused-ring (bicyclic) bond motifs is 22. The Labute approximate surface area is 540 Å². The van der Waals surface area contributed by atoms with Crippen LogP contribution < -0.4 is 5.46 Å². The van der Waals surface area contributed by atoms with Gasteiger partial charge in [0.2, 0.25) is 0 Å². The predicted octanol–water partition coefficient (Wildman–Crippen LogP) is 21.3. The van der Waals surface area contributed by atoms with Crippen molar-refractivity contribution in [3.8, 4) is 33.5 Å². The molecule has 438 valence electrons. The van der Waals surface area contributed by atoms with Crippen LogP contribution in [0.3, 0.4) is 0 Å². The maximum absolute atomic E-state index is 6.30. The van der Waals surface area contributed by atoms with Gasteiger partial charge < -0.3 is 9.31 Å². The number of hydrogen-bond donors (Lipinski definition) is 0. The molecule has 0 aliphatic carbocycles. The van der Waals surface area contributed by atoms with E-state index in [0.717, 1.165) is 81.7 Å². The zero-order valence-corrected chi connectivity index (χ0v) is 52.7. The third-order valence-corrected chi connectivity index (χ3v) is 19.6. The van der Waals surface area contributed by atoms with E-state index in [1.165, 1.54) is 81.6 Å². The van der Waals surface area contributed by atoms with E-state index in [9.17, 15) is 0 Å². The summed E-state index contributed by atoms with van der Waals surface area (Å²) in [6.45, 7) is 8.35. The lowest BCUT2D eigenvalue weighted by Crippen LogP contribution is -2.41. The van der Waals surface area contributed by atoms with Crippen LogP contribution in [0.5, 0.6) is 0 Å². The van der Waals surface area contributed by atoms with Crippen molar-refractivity contribution in [2.24, 2.45) is 0 Å². The van der Waals surface area contributed by atoms with Crippen molar-refractivity contribution in [3.05, 3.63) is 290 Å². The number of hydrogen-bond acceptors (Lipinski definition) is 5. The lowest BCUT2D eigenvalue weighted by atomic mass is 9.78. The Morgan fingerprint density at radius 3 is 1.34 bits per heavy atom. The van der Waals surface area contributed by atoms with Gasteiger partial charge in [-0.1, -0.05) is 228 Å². The minimum Gasteiger partial charge on any atom is -0.399 e. The van der Waals surface area contributed by atoms with Gasteiger partial charge in [0.1, 0.15) is 11.3 Å². The van der Waals surface area contributed by atoms with Gasteiger partial charge in [0.05, 0.1) is 55.5 Å². The zero-order valence-electron chi connectivity index (χ0n) is 51.1. The van der Waals surface area contributed by atoms with Crippen LogP contribution in [0.2, 0.25) is 0 Å². The van der Waals surface area contributed by atoms with Crippen molar-refractivity contribution < 1.29 is 9.31 Å². The molecule has 0 unspecified atom stereocenters.